The van der Waals surface area contributed by atoms with Crippen molar-refractivity contribution in [3.8, 4) is 0 Å². The lowest BCUT2D eigenvalue weighted by atomic mass is 9.96. The van der Waals surface area contributed by atoms with E-state index in [1.165, 1.54) is 31.0 Å². The molecule has 1 aliphatic carbocycles. The number of hydrogen-bond acceptors (Lipinski definition) is 1. The predicted molar refractivity (Wildman–Crippen MR) is 59.7 cm³/mol. The molecule has 2 nitrogen and oxygen atoms in total. The van der Waals surface area contributed by atoms with Gasteiger partial charge in [0.15, 0.2) is 0 Å². The zero-order valence-electron chi connectivity index (χ0n) is 9.52. The Morgan fingerprint density at radius 3 is 2.75 bits per heavy atom. The standard InChI is InChI=1S/C12H18F2N2/c1-12(15,11(13)14)7-9-6-8-4-2-3-5-10(8)16-9/h6,11,16H,2-5,7,15H2,1H3. The number of nitrogens with one attached hydrogen (secondary N) is 1. The van der Waals surface area contributed by atoms with Crippen molar-refractivity contribution >= 4 is 0 Å². The molecule has 0 aromatic carbocycles. The second-order valence-corrected chi connectivity index (χ2v) is 4.99. The van der Waals surface area contributed by atoms with Crippen molar-refractivity contribution in [1.29, 1.82) is 0 Å². The number of hydrogen-bond donors (Lipinski definition) is 2. The summed E-state index contributed by atoms with van der Waals surface area (Å²) in [7, 11) is 0. The highest BCUT2D eigenvalue weighted by Gasteiger charge is 2.31. The Bertz CT molecular complexity index is 346. The number of aromatic nitrogens is 1. The first kappa shape index (κ1) is 11.6. The molecule has 0 spiro atoms. The van der Waals surface area contributed by atoms with Crippen molar-refractivity contribution in [2.45, 2.75) is 51.0 Å². The van der Waals surface area contributed by atoms with Gasteiger partial charge >= 0.3 is 0 Å². The molecule has 90 valence electrons. The highest BCUT2D eigenvalue weighted by atomic mass is 19.3. The maximum atomic E-state index is 12.6. The van der Waals surface area contributed by atoms with Crippen LogP contribution < -0.4 is 5.73 Å². The first-order chi connectivity index (χ1) is 7.49. The van der Waals surface area contributed by atoms with E-state index < -0.39 is 12.0 Å². The van der Waals surface area contributed by atoms with Crippen molar-refractivity contribution in [2.24, 2.45) is 5.73 Å². The maximum Gasteiger partial charge on any atom is 0.256 e. The van der Waals surface area contributed by atoms with Crippen molar-refractivity contribution < 1.29 is 8.78 Å². The first-order valence-corrected chi connectivity index (χ1v) is 5.76. The number of alkyl halides is 2. The summed E-state index contributed by atoms with van der Waals surface area (Å²) in [6.07, 6.45) is 2.18. The van der Waals surface area contributed by atoms with Crippen LogP contribution in [0.3, 0.4) is 0 Å². The summed E-state index contributed by atoms with van der Waals surface area (Å²) < 4.78 is 25.3. The summed E-state index contributed by atoms with van der Waals surface area (Å²) in [5.41, 5.74) is 7.48. The summed E-state index contributed by atoms with van der Waals surface area (Å²) in [4.78, 5) is 3.23. The average molecular weight is 228 g/mol. The van der Waals surface area contributed by atoms with Crippen LogP contribution in [0.25, 0.3) is 0 Å². The van der Waals surface area contributed by atoms with Crippen molar-refractivity contribution in [2.75, 3.05) is 0 Å². The van der Waals surface area contributed by atoms with Crippen molar-refractivity contribution in [1.82, 2.24) is 4.98 Å². The number of halogens is 2. The van der Waals surface area contributed by atoms with Gasteiger partial charge in [0, 0.05) is 17.8 Å². The molecule has 1 aromatic heterocycles. The van der Waals surface area contributed by atoms with E-state index >= 15 is 0 Å². The number of nitrogens with two attached hydrogens (primary N) is 1. The zero-order valence-corrected chi connectivity index (χ0v) is 9.52. The van der Waals surface area contributed by atoms with Gasteiger partial charge in [0.25, 0.3) is 6.43 Å². The third-order valence-electron chi connectivity index (χ3n) is 3.24. The third kappa shape index (κ3) is 2.26. The smallest absolute Gasteiger partial charge is 0.256 e. The Morgan fingerprint density at radius 2 is 2.12 bits per heavy atom. The van der Waals surface area contributed by atoms with Crippen LogP contribution in [-0.2, 0) is 19.3 Å². The van der Waals surface area contributed by atoms with Gasteiger partial charge in [0.1, 0.15) is 0 Å². The van der Waals surface area contributed by atoms with Crippen LogP contribution >= 0.6 is 0 Å². The molecule has 0 fully saturated rings. The van der Waals surface area contributed by atoms with E-state index in [4.69, 9.17) is 5.73 Å². The molecule has 1 aromatic rings. The van der Waals surface area contributed by atoms with Crippen LogP contribution in [0.15, 0.2) is 6.07 Å². The molecule has 0 bridgehead atoms. The normalized spacial score (nSPS) is 19.6. The highest BCUT2D eigenvalue weighted by Crippen LogP contribution is 2.24. The number of rotatable bonds is 3. The molecule has 0 radical (unpaired) electrons. The predicted octanol–water partition coefficient (Wildman–Crippen LogP) is 2.42. The van der Waals surface area contributed by atoms with E-state index in [9.17, 15) is 8.78 Å². The van der Waals surface area contributed by atoms with E-state index in [1.807, 2.05) is 6.07 Å². The van der Waals surface area contributed by atoms with Crippen molar-refractivity contribution in [3.63, 3.8) is 0 Å². The molecule has 0 aliphatic heterocycles. The van der Waals surface area contributed by atoms with E-state index in [2.05, 4.69) is 4.98 Å². The Kier molecular flexibility index (Phi) is 3.02. The largest absolute Gasteiger partial charge is 0.362 e. The number of aryl methyl sites for hydroxylation is 2. The topological polar surface area (TPSA) is 41.8 Å². The number of H-pyrrole nitrogens is 1. The zero-order chi connectivity index (χ0) is 11.8. The molecule has 1 heterocycles. The highest BCUT2D eigenvalue weighted by molar-refractivity contribution is 5.29. The van der Waals surface area contributed by atoms with Gasteiger partial charge < -0.3 is 10.7 Å². The summed E-state index contributed by atoms with van der Waals surface area (Å²) in [6, 6.07) is 2.00. The van der Waals surface area contributed by atoms with Crippen LogP contribution in [-0.4, -0.2) is 16.9 Å². The Morgan fingerprint density at radius 1 is 1.44 bits per heavy atom. The van der Waals surface area contributed by atoms with Gasteiger partial charge in [-0.15, -0.1) is 0 Å². The molecule has 0 amide bonds. The summed E-state index contributed by atoms with van der Waals surface area (Å²) in [6.45, 7) is 1.40. The van der Waals surface area contributed by atoms with Gasteiger partial charge in [-0.3, -0.25) is 0 Å². The summed E-state index contributed by atoms with van der Waals surface area (Å²) in [5.74, 6) is 0. The lowest BCUT2D eigenvalue weighted by Crippen LogP contribution is -2.45. The molecule has 0 saturated carbocycles. The Balaban J connectivity index is 2.13. The fraction of sp³-hybridized carbons (Fsp3) is 0.667. The average Bonchev–Trinajstić information content (AvgIpc) is 2.58. The maximum absolute atomic E-state index is 12.6. The lowest BCUT2D eigenvalue weighted by molar-refractivity contribution is 0.0634. The van der Waals surface area contributed by atoms with Gasteiger partial charge in [-0.2, -0.15) is 0 Å². The quantitative estimate of drug-likeness (QED) is 0.819. The third-order valence-corrected chi connectivity index (χ3v) is 3.24. The van der Waals surface area contributed by atoms with Gasteiger partial charge in [-0.1, -0.05) is 0 Å². The second kappa shape index (κ2) is 4.17. The van der Waals surface area contributed by atoms with Crippen LogP contribution in [0.2, 0.25) is 0 Å². The van der Waals surface area contributed by atoms with Crippen molar-refractivity contribution in [3.05, 3.63) is 23.0 Å². The molecule has 16 heavy (non-hydrogen) atoms. The van der Waals surface area contributed by atoms with E-state index in [1.54, 1.807) is 0 Å². The van der Waals surface area contributed by atoms with Crippen LogP contribution in [0, 0.1) is 0 Å². The van der Waals surface area contributed by atoms with E-state index in [0.29, 0.717) is 0 Å². The molecule has 1 aliphatic rings. The van der Waals surface area contributed by atoms with Gasteiger partial charge in [-0.05, 0) is 44.2 Å². The fourth-order valence-corrected chi connectivity index (χ4v) is 2.25. The monoisotopic (exact) mass is 228 g/mol. The van der Waals surface area contributed by atoms with E-state index in [0.717, 1.165) is 18.5 Å². The molecule has 2 rings (SSSR count). The minimum absolute atomic E-state index is 0.206. The van der Waals surface area contributed by atoms with Crippen LogP contribution in [0.4, 0.5) is 8.78 Å². The Labute approximate surface area is 94.2 Å². The van der Waals surface area contributed by atoms with Gasteiger partial charge in [-0.25, -0.2) is 8.78 Å². The second-order valence-electron chi connectivity index (χ2n) is 4.99. The van der Waals surface area contributed by atoms with E-state index in [-0.39, 0.29) is 6.42 Å². The van der Waals surface area contributed by atoms with Gasteiger partial charge in [0.2, 0.25) is 0 Å². The number of aromatic amines is 1. The molecule has 3 N–H and O–H groups in total. The molecular weight excluding hydrogens is 210 g/mol. The lowest BCUT2D eigenvalue weighted by Gasteiger charge is -2.22. The van der Waals surface area contributed by atoms with Crippen LogP contribution in [0.1, 0.15) is 36.7 Å². The molecule has 0 saturated heterocycles. The molecule has 1 atom stereocenters. The molecule has 1 unspecified atom stereocenters. The number of fused-ring (bicyclic) bond motifs is 1. The molecular formula is C12H18F2N2. The minimum Gasteiger partial charge on any atom is -0.362 e. The van der Waals surface area contributed by atoms with Gasteiger partial charge in [0.05, 0.1) is 5.54 Å². The summed E-state index contributed by atoms with van der Waals surface area (Å²) >= 11 is 0. The summed E-state index contributed by atoms with van der Waals surface area (Å²) in [5, 5.41) is 0. The SMILES string of the molecule is CC(N)(Cc1cc2c([nH]1)CCCC2)C(F)F. The minimum atomic E-state index is -2.49. The Hall–Kier alpha value is -0.900. The fourth-order valence-electron chi connectivity index (χ4n) is 2.25. The first-order valence-electron chi connectivity index (χ1n) is 5.76. The molecule has 4 heteroatoms. The van der Waals surface area contributed by atoms with Crippen LogP contribution in [0.5, 0.6) is 0 Å².